The Morgan fingerprint density at radius 2 is 1.77 bits per heavy atom. The summed E-state index contributed by atoms with van der Waals surface area (Å²) in [6.45, 7) is 2.83. The number of allylic oxidation sites excluding steroid dienone is 1. The van der Waals surface area contributed by atoms with Crippen molar-refractivity contribution in [2.24, 2.45) is 5.73 Å². The number of hydrogen-bond donors (Lipinski definition) is 1. The lowest BCUT2D eigenvalue weighted by Gasteiger charge is -2.22. The van der Waals surface area contributed by atoms with Crippen molar-refractivity contribution < 1.29 is 23.8 Å². The molecule has 0 aromatic heterocycles. The minimum atomic E-state index is -0.768. The number of ketones is 1. The van der Waals surface area contributed by atoms with Gasteiger partial charge in [0.1, 0.15) is 0 Å². The number of nitrogens with two attached hydrogens (primary N) is 1. The molecule has 0 aliphatic carbocycles. The van der Waals surface area contributed by atoms with Crippen LogP contribution < -0.4 is 5.73 Å². The molecule has 0 spiro atoms. The average molecular weight is 305 g/mol. The van der Waals surface area contributed by atoms with E-state index in [0.29, 0.717) is 36.5 Å². The van der Waals surface area contributed by atoms with Crippen molar-refractivity contribution in [3.8, 4) is 0 Å². The monoisotopic (exact) mass is 305 g/mol. The van der Waals surface area contributed by atoms with Gasteiger partial charge in [-0.25, -0.2) is 4.79 Å². The van der Waals surface area contributed by atoms with E-state index in [-0.39, 0.29) is 5.78 Å². The number of benzene rings is 1. The van der Waals surface area contributed by atoms with Crippen molar-refractivity contribution in [2.45, 2.75) is 19.1 Å². The summed E-state index contributed by atoms with van der Waals surface area (Å²) in [5.41, 5.74) is 7.09. The molecule has 6 heteroatoms. The first-order chi connectivity index (χ1) is 10.4. The van der Waals surface area contributed by atoms with Crippen LogP contribution in [0.15, 0.2) is 36.0 Å². The Morgan fingerprint density at radius 1 is 1.23 bits per heavy atom. The molecule has 0 radical (unpaired) electrons. The Balaban J connectivity index is 2.04. The van der Waals surface area contributed by atoms with Crippen LogP contribution in [0.5, 0.6) is 0 Å². The summed E-state index contributed by atoms with van der Waals surface area (Å²) in [4.78, 5) is 23.5. The summed E-state index contributed by atoms with van der Waals surface area (Å²) >= 11 is 0. The number of hydrogen-bond acceptors (Lipinski definition) is 6. The number of esters is 1. The predicted octanol–water partition coefficient (Wildman–Crippen LogP) is 1.65. The zero-order valence-corrected chi connectivity index (χ0v) is 12.6. The van der Waals surface area contributed by atoms with E-state index in [9.17, 15) is 9.59 Å². The first-order valence-electron chi connectivity index (χ1n) is 6.90. The second-order valence-electron chi connectivity index (χ2n) is 5.16. The fraction of sp³-hybridized carbons (Fsp3) is 0.375. The third-order valence-electron chi connectivity index (χ3n) is 3.33. The van der Waals surface area contributed by atoms with E-state index in [2.05, 4.69) is 4.74 Å². The molecule has 1 saturated heterocycles. The zero-order chi connectivity index (χ0) is 16.2. The summed E-state index contributed by atoms with van der Waals surface area (Å²) in [6.07, 6.45) is 1.67. The van der Waals surface area contributed by atoms with Crippen molar-refractivity contribution in [3.05, 3.63) is 47.2 Å². The normalized spacial score (nSPS) is 17.3. The molecule has 1 aromatic carbocycles. The number of carbonyl (C=O) groups excluding carboxylic acids is 2. The van der Waals surface area contributed by atoms with E-state index in [1.54, 1.807) is 19.1 Å². The van der Waals surface area contributed by atoms with Gasteiger partial charge in [-0.1, -0.05) is 12.1 Å². The highest BCUT2D eigenvalue weighted by Crippen LogP contribution is 2.24. The minimum absolute atomic E-state index is 0.240. The highest BCUT2D eigenvalue weighted by atomic mass is 16.7. The van der Waals surface area contributed by atoms with Gasteiger partial charge in [0.25, 0.3) is 0 Å². The Kier molecular flexibility index (Phi) is 4.95. The van der Waals surface area contributed by atoms with Gasteiger partial charge >= 0.3 is 5.97 Å². The smallest absolute Gasteiger partial charge is 0.337 e. The van der Waals surface area contributed by atoms with Crippen molar-refractivity contribution in [2.75, 3.05) is 20.3 Å². The fourth-order valence-electron chi connectivity index (χ4n) is 2.22. The Labute approximate surface area is 128 Å². The van der Waals surface area contributed by atoms with E-state index in [0.717, 1.165) is 0 Å². The molecule has 2 rings (SSSR count). The molecule has 0 saturated carbocycles. The second kappa shape index (κ2) is 6.72. The first-order valence-corrected chi connectivity index (χ1v) is 6.90. The third-order valence-corrected chi connectivity index (χ3v) is 3.33. The molecule has 118 valence electrons. The highest BCUT2D eigenvalue weighted by molar-refractivity contribution is 6.05. The van der Waals surface area contributed by atoms with Gasteiger partial charge in [-0.15, -0.1) is 0 Å². The van der Waals surface area contributed by atoms with Crippen LogP contribution in [0.1, 0.15) is 34.1 Å². The second-order valence-corrected chi connectivity index (χ2v) is 5.16. The number of methoxy groups -OCH3 is 1. The fourth-order valence-corrected chi connectivity index (χ4v) is 2.22. The maximum Gasteiger partial charge on any atom is 0.337 e. The molecule has 1 heterocycles. The van der Waals surface area contributed by atoms with Gasteiger partial charge in [0.2, 0.25) is 0 Å². The molecule has 0 amide bonds. The summed E-state index contributed by atoms with van der Waals surface area (Å²) < 4.78 is 15.5. The molecule has 22 heavy (non-hydrogen) atoms. The molecular formula is C16H19NO5. The van der Waals surface area contributed by atoms with E-state index < -0.39 is 11.8 Å². The number of carbonyl (C=O) groups is 2. The van der Waals surface area contributed by atoms with Gasteiger partial charge in [-0.3, -0.25) is 4.79 Å². The van der Waals surface area contributed by atoms with Crippen LogP contribution in [-0.4, -0.2) is 37.9 Å². The van der Waals surface area contributed by atoms with Crippen LogP contribution in [0.2, 0.25) is 0 Å². The topological polar surface area (TPSA) is 87.9 Å². The number of ether oxygens (including phenoxy) is 3. The molecule has 0 unspecified atom stereocenters. The van der Waals surface area contributed by atoms with Gasteiger partial charge in [-0.2, -0.15) is 0 Å². The summed E-state index contributed by atoms with van der Waals surface area (Å²) in [6, 6.07) is 6.19. The third kappa shape index (κ3) is 3.93. The van der Waals surface area contributed by atoms with Gasteiger partial charge < -0.3 is 19.9 Å². The lowest BCUT2D eigenvalue weighted by Crippen LogP contribution is -2.28. The summed E-state index contributed by atoms with van der Waals surface area (Å²) in [5.74, 6) is -1.46. The quantitative estimate of drug-likeness (QED) is 0.505. The van der Waals surface area contributed by atoms with Crippen LogP contribution >= 0.6 is 0 Å². The Bertz CT molecular complexity index is 585. The predicted molar refractivity (Wildman–Crippen MR) is 79.3 cm³/mol. The van der Waals surface area contributed by atoms with Crippen molar-refractivity contribution in [1.29, 1.82) is 0 Å². The van der Waals surface area contributed by atoms with Gasteiger partial charge in [0.15, 0.2) is 11.6 Å². The lowest BCUT2D eigenvalue weighted by atomic mass is 10.1. The van der Waals surface area contributed by atoms with Gasteiger partial charge in [0.05, 0.1) is 25.9 Å². The highest BCUT2D eigenvalue weighted by Gasteiger charge is 2.31. The molecule has 1 fully saturated rings. The lowest BCUT2D eigenvalue weighted by molar-refractivity contribution is -0.140. The minimum Gasteiger partial charge on any atom is -0.465 e. The number of rotatable bonds is 5. The summed E-state index contributed by atoms with van der Waals surface area (Å²) in [5, 5.41) is 0. The molecule has 0 atom stereocenters. The van der Waals surface area contributed by atoms with Crippen LogP contribution in [0.25, 0.3) is 0 Å². The molecule has 0 bridgehead atoms. The van der Waals surface area contributed by atoms with Crippen molar-refractivity contribution in [1.82, 2.24) is 0 Å². The van der Waals surface area contributed by atoms with Crippen molar-refractivity contribution in [3.63, 3.8) is 0 Å². The van der Waals surface area contributed by atoms with Crippen LogP contribution in [0.3, 0.4) is 0 Å². The van der Waals surface area contributed by atoms with E-state index in [1.807, 2.05) is 0 Å². The first kappa shape index (κ1) is 16.2. The standard InChI is InChI=1S/C16H19NO5/c1-16(21-7-8-22-16)10-13(17)9-14(18)11-3-5-12(6-4-11)15(19)20-2/h3-6,9H,7-8,10,17H2,1-2H3/b13-9-. The molecule has 6 nitrogen and oxygen atoms in total. The van der Waals surface area contributed by atoms with Crippen molar-refractivity contribution >= 4 is 11.8 Å². The summed E-state index contributed by atoms with van der Waals surface area (Å²) in [7, 11) is 1.30. The molecule has 1 aliphatic rings. The molecule has 1 aromatic rings. The van der Waals surface area contributed by atoms with E-state index in [4.69, 9.17) is 15.2 Å². The molecule has 2 N–H and O–H groups in total. The van der Waals surface area contributed by atoms with Crippen LogP contribution in [0.4, 0.5) is 0 Å². The maximum atomic E-state index is 12.1. The molecular weight excluding hydrogens is 286 g/mol. The van der Waals surface area contributed by atoms with Crippen LogP contribution in [-0.2, 0) is 14.2 Å². The zero-order valence-electron chi connectivity index (χ0n) is 12.6. The van der Waals surface area contributed by atoms with Crippen LogP contribution in [0, 0.1) is 0 Å². The largest absolute Gasteiger partial charge is 0.465 e. The van der Waals surface area contributed by atoms with Gasteiger partial charge in [0, 0.05) is 23.8 Å². The van der Waals surface area contributed by atoms with Gasteiger partial charge in [-0.05, 0) is 19.1 Å². The Hall–Kier alpha value is -2.18. The molecule has 1 aliphatic heterocycles. The van der Waals surface area contributed by atoms with E-state index >= 15 is 0 Å². The van der Waals surface area contributed by atoms with E-state index in [1.165, 1.54) is 25.3 Å². The maximum absolute atomic E-state index is 12.1. The Morgan fingerprint density at radius 3 is 2.32 bits per heavy atom. The SMILES string of the molecule is COC(=O)c1ccc(C(=O)/C=C(\N)CC2(C)OCCO2)cc1. The average Bonchev–Trinajstić information content (AvgIpc) is 2.92.